The fourth-order valence-electron chi connectivity index (χ4n) is 3.56. The number of aryl methyl sites for hydroxylation is 1. The molecular formula is C21H24N6OS. The van der Waals surface area contributed by atoms with Gasteiger partial charge in [-0.15, -0.1) is 5.10 Å². The van der Waals surface area contributed by atoms with Crippen molar-refractivity contribution in [3.63, 3.8) is 0 Å². The summed E-state index contributed by atoms with van der Waals surface area (Å²) < 4.78 is 1.68. The number of hydrogen-bond acceptors (Lipinski definition) is 6. The van der Waals surface area contributed by atoms with Crippen molar-refractivity contribution >= 4 is 17.7 Å². The fraction of sp³-hybridized carbons (Fsp3) is 0.333. The Morgan fingerprint density at radius 1 is 1.17 bits per heavy atom. The van der Waals surface area contributed by atoms with Crippen LogP contribution in [0.25, 0.3) is 5.69 Å². The number of carbonyl (C=O) groups is 1. The second-order valence-corrected chi connectivity index (χ2v) is 8.16. The summed E-state index contributed by atoms with van der Waals surface area (Å²) in [7, 11) is 0. The van der Waals surface area contributed by atoms with Crippen LogP contribution in [0.2, 0.25) is 0 Å². The molecule has 2 heterocycles. The molecule has 1 aliphatic rings. The molecule has 7 nitrogen and oxygen atoms in total. The fourth-order valence-corrected chi connectivity index (χ4v) is 4.25. The van der Waals surface area contributed by atoms with E-state index in [1.165, 1.54) is 17.3 Å². The SMILES string of the molecule is Cc1ccccc1-n1nnnc1SCC(=O)NC1CCN(Cc2ccccc2)C1. The number of nitrogens with zero attached hydrogens (tertiary/aromatic N) is 5. The molecule has 1 fully saturated rings. The van der Waals surface area contributed by atoms with Gasteiger partial charge in [-0.05, 0) is 41.0 Å². The summed E-state index contributed by atoms with van der Waals surface area (Å²) >= 11 is 1.35. The average molecular weight is 409 g/mol. The monoisotopic (exact) mass is 408 g/mol. The maximum absolute atomic E-state index is 12.4. The number of rotatable bonds is 7. The topological polar surface area (TPSA) is 75.9 Å². The number of thioether (sulfide) groups is 1. The number of aromatic nitrogens is 4. The van der Waals surface area contributed by atoms with E-state index >= 15 is 0 Å². The Labute approximate surface area is 174 Å². The third-order valence-electron chi connectivity index (χ3n) is 5.00. The van der Waals surface area contributed by atoms with Crippen molar-refractivity contribution in [3.05, 3.63) is 65.7 Å². The number of tetrazole rings is 1. The van der Waals surface area contributed by atoms with E-state index in [4.69, 9.17) is 0 Å². The molecule has 0 bridgehead atoms. The lowest BCUT2D eigenvalue weighted by Gasteiger charge is -2.16. The van der Waals surface area contributed by atoms with Crippen molar-refractivity contribution in [2.75, 3.05) is 18.8 Å². The van der Waals surface area contributed by atoms with Crippen LogP contribution in [0.5, 0.6) is 0 Å². The third-order valence-corrected chi connectivity index (χ3v) is 5.92. The Morgan fingerprint density at radius 2 is 1.97 bits per heavy atom. The van der Waals surface area contributed by atoms with Crippen LogP contribution in [-0.4, -0.2) is 55.9 Å². The molecule has 3 aromatic rings. The lowest BCUT2D eigenvalue weighted by atomic mass is 10.2. The molecule has 150 valence electrons. The predicted octanol–water partition coefficient (Wildman–Crippen LogP) is 2.45. The Hall–Kier alpha value is -2.71. The van der Waals surface area contributed by atoms with E-state index in [1.54, 1.807) is 4.68 Å². The van der Waals surface area contributed by atoms with E-state index in [0.29, 0.717) is 10.9 Å². The van der Waals surface area contributed by atoms with Gasteiger partial charge in [-0.2, -0.15) is 4.68 Å². The first-order chi connectivity index (χ1) is 14.2. The summed E-state index contributed by atoms with van der Waals surface area (Å²) in [5.41, 5.74) is 3.31. The van der Waals surface area contributed by atoms with E-state index in [0.717, 1.165) is 37.3 Å². The number of hydrogen-bond donors (Lipinski definition) is 1. The maximum Gasteiger partial charge on any atom is 0.230 e. The van der Waals surface area contributed by atoms with Crippen LogP contribution in [0.3, 0.4) is 0 Å². The molecule has 0 saturated carbocycles. The van der Waals surface area contributed by atoms with E-state index in [9.17, 15) is 4.79 Å². The Kier molecular flexibility index (Phi) is 6.21. The number of nitrogens with one attached hydrogen (secondary N) is 1. The van der Waals surface area contributed by atoms with Gasteiger partial charge in [0.2, 0.25) is 11.1 Å². The van der Waals surface area contributed by atoms with Crippen LogP contribution in [0.4, 0.5) is 0 Å². The Balaban J connectivity index is 1.27. The largest absolute Gasteiger partial charge is 0.351 e. The molecule has 1 aromatic heterocycles. The van der Waals surface area contributed by atoms with Crippen molar-refractivity contribution in [1.29, 1.82) is 0 Å². The molecule has 29 heavy (non-hydrogen) atoms. The Bertz CT molecular complexity index is 961. The van der Waals surface area contributed by atoms with Crippen LogP contribution < -0.4 is 5.32 Å². The molecule has 1 atom stereocenters. The zero-order chi connectivity index (χ0) is 20.1. The van der Waals surface area contributed by atoms with Crippen LogP contribution in [0.15, 0.2) is 59.8 Å². The summed E-state index contributed by atoms with van der Waals surface area (Å²) in [6.45, 7) is 4.82. The van der Waals surface area contributed by atoms with Crippen molar-refractivity contribution in [2.24, 2.45) is 0 Å². The summed E-state index contributed by atoms with van der Waals surface area (Å²) in [5.74, 6) is 0.308. The number of benzene rings is 2. The van der Waals surface area contributed by atoms with Gasteiger partial charge in [-0.1, -0.05) is 60.3 Å². The van der Waals surface area contributed by atoms with Crippen molar-refractivity contribution in [3.8, 4) is 5.69 Å². The average Bonchev–Trinajstić information content (AvgIpc) is 3.37. The molecule has 1 amide bonds. The maximum atomic E-state index is 12.4. The first kappa shape index (κ1) is 19.6. The molecule has 1 unspecified atom stereocenters. The minimum atomic E-state index is 0.0147. The minimum absolute atomic E-state index is 0.0147. The van der Waals surface area contributed by atoms with E-state index in [2.05, 4.69) is 50.0 Å². The van der Waals surface area contributed by atoms with Gasteiger partial charge in [0.15, 0.2) is 0 Å². The molecule has 0 radical (unpaired) electrons. The first-order valence-electron chi connectivity index (χ1n) is 9.72. The summed E-state index contributed by atoms with van der Waals surface area (Å²) in [4.78, 5) is 14.8. The van der Waals surface area contributed by atoms with Gasteiger partial charge in [0.05, 0.1) is 11.4 Å². The zero-order valence-electron chi connectivity index (χ0n) is 16.4. The van der Waals surface area contributed by atoms with Crippen LogP contribution in [0.1, 0.15) is 17.5 Å². The molecule has 1 N–H and O–H groups in total. The summed E-state index contributed by atoms with van der Waals surface area (Å²) in [6.07, 6.45) is 0.976. The molecule has 1 aliphatic heterocycles. The summed E-state index contributed by atoms with van der Waals surface area (Å²) in [5, 5.41) is 15.7. The van der Waals surface area contributed by atoms with E-state index in [-0.39, 0.29) is 11.9 Å². The highest BCUT2D eigenvalue weighted by Gasteiger charge is 2.24. The molecule has 1 saturated heterocycles. The van der Waals surface area contributed by atoms with Crippen LogP contribution in [0, 0.1) is 6.92 Å². The van der Waals surface area contributed by atoms with Crippen molar-refractivity contribution in [2.45, 2.75) is 31.1 Å². The highest BCUT2D eigenvalue weighted by atomic mass is 32.2. The Morgan fingerprint density at radius 3 is 2.79 bits per heavy atom. The smallest absolute Gasteiger partial charge is 0.230 e. The molecular weight excluding hydrogens is 384 g/mol. The van der Waals surface area contributed by atoms with Gasteiger partial charge in [-0.3, -0.25) is 9.69 Å². The molecule has 8 heteroatoms. The van der Waals surface area contributed by atoms with Crippen LogP contribution in [-0.2, 0) is 11.3 Å². The highest BCUT2D eigenvalue weighted by molar-refractivity contribution is 7.99. The highest BCUT2D eigenvalue weighted by Crippen LogP contribution is 2.20. The second kappa shape index (κ2) is 9.19. The number of carbonyl (C=O) groups excluding carboxylic acids is 1. The van der Waals surface area contributed by atoms with Crippen molar-refractivity contribution in [1.82, 2.24) is 30.4 Å². The van der Waals surface area contributed by atoms with Gasteiger partial charge < -0.3 is 5.32 Å². The molecule has 2 aromatic carbocycles. The van der Waals surface area contributed by atoms with Gasteiger partial charge in [0, 0.05) is 25.7 Å². The third kappa shape index (κ3) is 5.02. The second-order valence-electron chi connectivity index (χ2n) is 7.22. The first-order valence-corrected chi connectivity index (χ1v) is 10.7. The molecule has 0 spiro atoms. The van der Waals surface area contributed by atoms with Gasteiger partial charge in [0.25, 0.3) is 0 Å². The van der Waals surface area contributed by atoms with Gasteiger partial charge >= 0.3 is 0 Å². The van der Waals surface area contributed by atoms with E-state index < -0.39 is 0 Å². The number of para-hydroxylation sites is 1. The lowest BCUT2D eigenvalue weighted by Crippen LogP contribution is -2.38. The quantitative estimate of drug-likeness (QED) is 0.605. The molecule has 0 aliphatic carbocycles. The van der Waals surface area contributed by atoms with Crippen LogP contribution >= 0.6 is 11.8 Å². The van der Waals surface area contributed by atoms with E-state index in [1.807, 2.05) is 37.3 Å². The lowest BCUT2D eigenvalue weighted by molar-refractivity contribution is -0.119. The van der Waals surface area contributed by atoms with Gasteiger partial charge in [0.1, 0.15) is 0 Å². The number of amides is 1. The van der Waals surface area contributed by atoms with Crippen molar-refractivity contribution < 1.29 is 4.79 Å². The normalized spacial score (nSPS) is 16.8. The predicted molar refractivity (Wildman–Crippen MR) is 113 cm³/mol. The molecule has 4 rings (SSSR count). The standard InChI is InChI=1S/C21H24N6OS/c1-16-7-5-6-10-19(16)27-21(23-24-25-27)29-15-20(28)22-18-11-12-26(14-18)13-17-8-3-2-4-9-17/h2-10,18H,11-15H2,1H3,(H,22,28). The number of likely N-dealkylation sites (tertiary alicyclic amines) is 1. The van der Waals surface area contributed by atoms with Gasteiger partial charge in [-0.25, -0.2) is 0 Å². The minimum Gasteiger partial charge on any atom is -0.351 e. The zero-order valence-corrected chi connectivity index (χ0v) is 17.2. The summed E-state index contributed by atoms with van der Waals surface area (Å²) in [6, 6.07) is 18.5.